The number of aliphatic hydroxyl groups is 1. The molecule has 0 saturated heterocycles. The molecule has 2 rings (SSSR count). The van der Waals surface area contributed by atoms with Gasteiger partial charge < -0.3 is 14.8 Å². The van der Waals surface area contributed by atoms with Gasteiger partial charge in [0, 0.05) is 21.6 Å². The number of esters is 1. The van der Waals surface area contributed by atoms with Crippen LogP contribution in [0.2, 0.25) is 0 Å². The number of halogens is 1. The smallest absolute Gasteiger partial charge is 0.339 e. The number of nitrogens with one attached hydrogen (secondary N) is 1. The molecule has 0 fully saturated rings. The van der Waals surface area contributed by atoms with Crippen LogP contribution in [0.1, 0.15) is 18.6 Å². The first-order valence-corrected chi connectivity index (χ1v) is 6.04. The van der Waals surface area contributed by atoms with E-state index < -0.39 is 12.1 Å². The summed E-state index contributed by atoms with van der Waals surface area (Å²) in [6.45, 7) is 1.96. The van der Waals surface area contributed by atoms with E-state index in [0.717, 1.165) is 15.4 Å². The van der Waals surface area contributed by atoms with Crippen molar-refractivity contribution in [2.24, 2.45) is 0 Å². The second-order valence-electron chi connectivity index (χ2n) is 3.60. The highest BCUT2D eigenvalue weighted by atomic mass is 79.9. The maximum atomic E-state index is 11.4. The highest BCUT2D eigenvalue weighted by molar-refractivity contribution is 9.10. The molecule has 17 heavy (non-hydrogen) atoms. The van der Waals surface area contributed by atoms with Crippen molar-refractivity contribution in [3.8, 4) is 0 Å². The Morgan fingerprint density at radius 2 is 2.35 bits per heavy atom. The van der Waals surface area contributed by atoms with Gasteiger partial charge in [0.1, 0.15) is 0 Å². The molecule has 0 aliphatic rings. The molecule has 0 aliphatic carbocycles. The Morgan fingerprint density at radius 3 is 3.06 bits per heavy atom. The van der Waals surface area contributed by atoms with E-state index >= 15 is 0 Å². The molecule has 2 N–H and O–H groups in total. The SMILES string of the molecule is CCOC(=O)C(O)c1ccc2c(Br)c[nH]c2c1. The number of carbonyl (C=O) groups is 1. The highest BCUT2D eigenvalue weighted by Crippen LogP contribution is 2.26. The lowest BCUT2D eigenvalue weighted by atomic mass is 10.1. The molecule has 1 aromatic heterocycles. The van der Waals surface area contributed by atoms with E-state index in [0.29, 0.717) is 5.56 Å². The Morgan fingerprint density at radius 1 is 1.59 bits per heavy atom. The summed E-state index contributed by atoms with van der Waals surface area (Å²) in [6.07, 6.45) is 0.576. The van der Waals surface area contributed by atoms with Crippen molar-refractivity contribution in [2.45, 2.75) is 13.0 Å². The quantitative estimate of drug-likeness (QED) is 0.856. The van der Waals surface area contributed by atoms with E-state index in [4.69, 9.17) is 4.74 Å². The number of rotatable bonds is 3. The summed E-state index contributed by atoms with van der Waals surface area (Å²) in [5.41, 5.74) is 1.38. The monoisotopic (exact) mass is 297 g/mol. The predicted molar refractivity (Wildman–Crippen MR) is 67.6 cm³/mol. The van der Waals surface area contributed by atoms with Crippen molar-refractivity contribution >= 4 is 32.8 Å². The first-order valence-electron chi connectivity index (χ1n) is 5.24. The number of aromatic amines is 1. The molecule has 0 saturated carbocycles. The van der Waals surface area contributed by atoms with Gasteiger partial charge >= 0.3 is 5.97 Å². The molecule has 0 bridgehead atoms. The first kappa shape index (κ1) is 12.1. The summed E-state index contributed by atoms with van der Waals surface area (Å²) >= 11 is 3.40. The van der Waals surface area contributed by atoms with Gasteiger partial charge in [-0.1, -0.05) is 12.1 Å². The Bertz CT molecular complexity index is 550. The molecular formula is C12H12BrNO3. The van der Waals surface area contributed by atoms with Crippen LogP contribution in [0.25, 0.3) is 10.9 Å². The Hall–Kier alpha value is -1.33. The number of hydrogen-bond donors (Lipinski definition) is 2. The van der Waals surface area contributed by atoms with Crippen molar-refractivity contribution in [3.05, 3.63) is 34.4 Å². The second kappa shape index (κ2) is 4.89. The zero-order chi connectivity index (χ0) is 12.4. The maximum absolute atomic E-state index is 11.4. The average Bonchev–Trinajstić information content (AvgIpc) is 2.70. The molecule has 90 valence electrons. The van der Waals surface area contributed by atoms with Crippen LogP contribution in [0.4, 0.5) is 0 Å². The van der Waals surface area contributed by atoms with Gasteiger partial charge in [-0.3, -0.25) is 0 Å². The Labute approximate surface area is 107 Å². The lowest BCUT2D eigenvalue weighted by molar-refractivity contribution is -0.153. The molecule has 1 aromatic carbocycles. The molecule has 0 radical (unpaired) electrons. The molecule has 0 spiro atoms. The minimum absolute atomic E-state index is 0.256. The van der Waals surface area contributed by atoms with Gasteiger partial charge in [0.15, 0.2) is 6.10 Å². The van der Waals surface area contributed by atoms with E-state index in [1.165, 1.54) is 0 Å². The molecule has 0 amide bonds. The molecule has 2 aromatic rings. The summed E-state index contributed by atoms with van der Waals surface area (Å²) < 4.78 is 5.72. The zero-order valence-corrected chi connectivity index (χ0v) is 10.8. The molecular weight excluding hydrogens is 286 g/mol. The van der Waals surface area contributed by atoms with E-state index in [2.05, 4.69) is 20.9 Å². The molecule has 0 aliphatic heterocycles. The third-order valence-corrected chi connectivity index (χ3v) is 3.14. The third-order valence-electron chi connectivity index (χ3n) is 2.48. The lowest BCUT2D eigenvalue weighted by Gasteiger charge is -2.09. The summed E-state index contributed by atoms with van der Waals surface area (Å²) in [5, 5.41) is 10.8. The van der Waals surface area contributed by atoms with Gasteiger partial charge in [-0.2, -0.15) is 0 Å². The summed E-state index contributed by atoms with van der Waals surface area (Å²) in [7, 11) is 0. The number of aliphatic hydroxyl groups excluding tert-OH is 1. The largest absolute Gasteiger partial charge is 0.464 e. The van der Waals surface area contributed by atoms with Gasteiger partial charge in [0.2, 0.25) is 0 Å². The number of aromatic nitrogens is 1. The van der Waals surface area contributed by atoms with Crippen molar-refractivity contribution < 1.29 is 14.6 Å². The van der Waals surface area contributed by atoms with E-state index in [1.54, 1.807) is 19.1 Å². The highest BCUT2D eigenvalue weighted by Gasteiger charge is 2.19. The summed E-state index contributed by atoms with van der Waals surface area (Å²) in [6, 6.07) is 5.29. The van der Waals surface area contributed by atoms with E-state index in [-0.39, 0.29) is 6.61 Å². The fourth-order valence-corrected chi connectivity index (χ4v) is 2.10. The lowest BCUT2D eigenvalue weighted by Crippen LogP contribution is -2.15. The number of H-pyrrole nitrogens is 1. The van der Waals surface area contributed by atoms with Gasteiger partial charge in [-0.15, -0.1) is 0 Å². The number of hydrogen-bond acceptors (Lipinski definition) is 3. The summed E-state index contributed by atoms with van der Waals surface area (Å²) in [5.74, 6) is -0.627. The molecule has 5 heteroatoms. The number of carbonyl (C=O) groups excluding carboxylic acids is 1. The second-order valence-corrected chi connectivity index (χ2v) is 4.45. The summed E-state index contributed by atoms with van der Waals surface area (Å²) in [4.78, 5) is 14.4. The maximum Gasteiger partial charge on any atom is 0.339 e. The van der Waals surface area contributed by atoms with E-state index in [9.17, 15) is 9.90 Å². The van der Waals surface area contributed by atoms with Gasteiger partial charge in [0.25, 0.3) is 0 Å². The average molecular weight is 298 g/mol. The van der Waals surface area contributed by atoms with Crippen molar-refractivity contribution in [3.63, 3.8) is 0 Å². The molecule has 1 heterocycles. The van der Waals surface area contributed by atoms with Crippen LogP contribution in [0, 0.1) is 0 Å². The van der Waals surface area contributed by atoms with E-state index in [1.807, 2.05) is 12.3 Å². The van der Waals surface area contributed by atoms with Crippen LogP contribution in [-0.2, 0) is 9.53 Å². The number of ether oxygens (including phenoxy) is 1. The first-order chi connectivity index (χ1) is 8.13. The van der Waals surface area contributed by atoms with Crippen LogP contribution in [0.5, 0.6) is 0 Å². The van der Waals surface area contributed by atoms with Crippen molar-refractivity contribution in [1.29, 1.82) is 0 Å². The fourth-order valence-electron chi connectivity index (χ4n) is 1.64. The predicted octanol–water partition coefficient (Wildman–Crippen LogP) is 2.53. The van der Waals surface area contributed by atoms with Crippen LogP contribution in [0.15, 0.2) is 28.9 Å². The minimum atomic E-state index is -1.23. The van der Waals surface area contributed by atoms with Crippen LogP contribution in [-0.4, -0.2) is 22.7 Å². The normalized spacial score (nSPS) is 12.6. The minimum Gasteiger partial charge on any atom is -0.464 e. The standard InChI is InChI=1S/C12H12BrNO3/c1-2-17-12(16)11(15)7-3-4-8-9(13)6-14-10(8)5-7/h3-6,11,14-15H,2H2,1H3. The van der Waals surface area contributed by atoms with Crippen LogP contribution < -0.4 is 0 Å². The molecule has 1 atom stereocenters. The van der Waals surface area contributed by atoms with Crippen LogP contribution in [0.3, 0.4) is 0 Å². The topological polar surface area (TPSA) is 62.3 Å². The zero-order valence-electron chi connectivity index (χ0n) is 9.24. The Kier molecular flexibility index (Phi) is 3.49. The van der Waals surface area contributed by atoms with Gasteiger partial charge in [-0.05, 0) is 34.5 Å². The number of benzene rings is 1. The molecule has 1 unspecified atom stereocenters. The number of fused-ring (bicyclic) bond motifs is 1. The molecule has 4 nitrogen and oxygen atoms in total. The van der Waals surface area contributed by atoms with Gasteiger partial charge in [0.05, 0.1) is 6.61 Å². The third kappa shape index (κ3) is 2.35. The van der Waals surface area contributed by atoms with Crippen molar-refractivity contribution in [1.82, 2.24) is 4.98 Å². The van der Waals surface area contributed by atoms with Crippen LogP contribution >= 0.6 is 15.9 Å². The fraction of sp³-hybridized carbons (Fsp3) is 0.250. The Balaban J connectivity index is 2.33. The van der Waals surface area contributed by atoms with Gasteiger partial charge in [-0.25, -0.2) is 4.79 Å². The van der Waals surface area contributed by atoms with Crippen molar-refractivity contribution in [2.75, 3.05) is 6.61 Å².